The molecule has 0 spiro atoms. The molecule has 1 rings (SSSR count). The number of aliphatic hydroxyl groups is 3. The van der Waals surface area contributed by atoms with Crippen molar-refractivity contribution < 1.29 is 29.5 Å². The summed E-state index contributed by atoms with van der Waals surface area (Å²) in [6.07, 6.45) is -1.44. The molecule has 3 N–H and O–H groups in total. The summed E-state index contributed by atoms with van der Waals surface area (Å²) in [7, 11) is 2.83. The molecular weight excluding hydrogens is 228 g/mol. The monoisotopic (exact) mass is 248 g/mol. The summed E-state index contributed by atoms with van der Waals surface area (Å²) in [4.78, 5) is 0. The van der Waals surface area contributed by atoms with E-state index in [4.69, 9.17) is 14.2 Å². The number of ether oxygens (including phenoxy) is 3. The first-order valence-corrected chi connectivity index (χ1v) is 5.28. The summed E-state index contributed by atoms with van der Waals surface area (Å²) < 4.78 is 15.4. The van der Waals surface area contributed by atoms with Crippen molar-refractivity contribution in [3.8, 4) is 0 Å². The molecule has 0 aromatic heterocycles. The molecule has 4 atom stereocenters. The fourth-order valence-electron chi connectivity index (χ4n) is 2.17. The van der Waals surface area contributed by atoms with Crippen LogP contribution in [0.2, 0.25) is 0 Å². The smallest absolute Gasteiger partial charge is 0.225 e. The lowest BCUT2D eigenvalue weighted by Crippen LogP contribution is -2.72. The van der Waals surface area contributed by atoms with E-state index in [0.29, 0.717) is 0 Å². The van der Waals surface area contributed by atoms with E-state index in [1.807, 2.05) is 0 Å². The standard InChI is InChI=1S/C11H20O6/c1-7(2)11(14)9(16-4)8(15-3)5-17-10(11,13)6-12/h8-9,12-14H,1,5-6H2,2-4H3/t8-,9-,10-,11-/m1/s1. The highest BCUT2D eigenvalue weighted by atomic mass is 16.7. The first-order chi connectivity index (χ1) is 7.87. The van der Waals surface area contributed by atoms with Gasteiger partial charge in [-0.3, -0.25) is 0 Å². The average molecular weight is 248 g/mol. The number of hydrogen-bond acceptors (Lipinski definition) is 6. The van der Waals surface area contributed by atoms with E-state index in [0.717, 1.165) is 0 Å². The van der Waals surface area contributed by atoms with Crippen LogP contribution in [0.4, 0.5) is 0 Å². The van der Waals surface area contributed by atoms with Crippen LogP contribution >= 0.6 is 0 Å². The predicted octanol–water partition coefficient (Wildman–Crippen LogP) is -0.965. The molecule has 0 aromatic carbocycles. The molecule has 6 nitrogen and oxygen atoms in total. The zero-order chi connectivity index (χ0) is 13.3. The summed E-state index contributed by atoms with van der Waals surface area (Å²) in [5.41, 5.74) is -1.71. The molecule has 0 aliphatic carbocycles. The summed E-state index contributed by atoms with van der Waals surface area (Å²) in [6, 6.07) is 0. The normalized spacial score (nSPS) is 42.5. The fourth-order valence-corrected chi connectivity index (χ4v) is 2.17. The van der Waals surface area contributed by atoms with E-state index in [1.54, 1.807) is 0 Å². The van der Waals surface area contributed by atoms with Crippen molar-refractivity contribution in [2.24, 2.45) is 0 Å². The SMILES string of the molecule is C=C(C)[C@@]1(O)[C@H](OC)[C@H](OC)CO[C@]1(O)CO. The van der Waals surface area contributed by atoms with Crippen molar-refractivity contribution in [3.05, 3.63) is 12.2 Å². The Balaban J connectivity index is 3.21. The second kappa shape index (κ2) is 5.01. The van der Waals surface area contributed by atoms with Gasteiger partial charge in [0.05, 0.1) is 6.61 Å². The van der Waals surface area contributed by atoms with E-state index in [9.17, 15) is 15.3 Å². The van der Waals surface area contributed by atoms with Gasteiger partial charge in [0.25, 0.3) is 0 Å². The zero-order valence-corrected chi connectivity index (χ0v) is 10.3. The molecule has 0 aromatic rings. The summed E-state index contributed by atoms with van der Waals surface area (Å²) in [6.45, 7) is 4.38. The van der Waals surface area contributed by atoms with E-state index in [-0.39, 0.29) is 12.2 Å². The van der Waals surface area contributed by atoms with Crippen LogP contribution in [-0.4, -0.2) is 66.3 Å². The molecule has 0 bridgehead atoms. The molecule has 0 radical (unpaired) electrons. The molecule has 1 saturated heterocycles. The Kier molecular flexibility index (Phi) is 4.29. The number of hydrogen-bond donors (Lipinski definition) is 3. The van der Waals surface area contributed by atoms with Crippen LogP contribution in [0.1, 0.15) is 6.92 Å². The maximum absolute atomic E-state index is 10.6. The minimum absolute atomic E-state index is 0.00164. The zero-order valence-electron chi connectivity index (χ0n) is 10.3. The van der Waals surface area contributed by atoms with Crippen molar-refractivity contribution >= 4 is 0 Å². The molecule has 6 heteroatoms. The van der Waals surface area contributed by atoms with Crippen molar-refractivity contribution in [3.63, 3.8) is 0 Å². The lowest BCUT2D eigenvalue weighted by atomic mass is 9.77. The maximum Gasteiger partial charge on any atom is 0.225 e. The third kappa shape index (κ3) is 2.01. The Labute approximate surface area is 100 Å². The van der Waals surface area contributed by atoms with Crippen LogP contribution in [0.15, 0.2) is 12.2 Å². The number of aliphatic hydroxyl groups excluding tert-OH is 1. The average Bonchev–Trinajstić information content (AvgIpc) is 2.32. The van der Waals surface area contributed by atoms with E-state index >= 15 is 0 Å². The Morgan fingerprint density at radius 3 is 2.35 bits per heavy atom. The quantitative estimate of drug-likeness (QED) is 0.555. The first kappa shape index (κ1) is 14.6. The molecule has 1 fully saturated rings. The lowest BCUT2D eigenvalue weighted by Gasteiger charge is -2.52. The predicted molar refractivity (Wildman–Crippen MR) is 59.3 cm³/mol. The largest absolute Gasteiger partial charge is 0.391 e. The van der Waals surface area contributed by atoms with Crippen molar-refractivity contribution in [2.45, 2.75) is 30.5 Å². The highest BCUT2D eigenvalue weighted by Gasteiger charge is 2.62. The van der Waals surface area contributed by atoms with Gasteiger partial charge in [-0.05, 0) is 12.5 Å². The second-order valence-corrected chi connectivity index (χ2v) is 4.23. The van der Waals surface area contributed by atoms with Gasteiger partial charge in [-0.25, -0.2) is 0 Å². The minimum atomic E-state index is -2.14. The van der Waals surface area contributed by atoms with Gasteiger partial charge in [-0.2, -0.15) is 0 Å². The Bertz CT molecular complexity index is 294. The first-order valence-electron chi connectivity index (χ1n) is 5.28. The van der Waals surface area contributed by atoms with Gasteiger partial charge in [0.2, 0.25) is 5.79 Å². The van der Waals surface area contributed by atoms with Gasteiger partial charge in [0, 0.05) is 14.2 Å². The lowest BCUT2D eigenvalue weighted by molar-refractivity contribution is -0.366. The third-order valence-electron chi connectivity index (χ3n) is 3.25. The summed E-state index contributed by atoms with van der Waals surface area (Å²) in [5.74, 6) is -2.14. The van der Waals surface area contributed by atoms with E-state index in [2.05, 4.69) is 6.58 Å². The molecule has 17 heavy (non-hydrogen) atoms. The molecule has 0 amide bonds. The van der Waals surface area contributed by atoms with Crippen molar-refractivity contribution in [1.29, 1.82) is 0 Å². The summed E-state index contributed by atoms with van der Waals surface area (Å²) in [5, 5.41) is 30.0. The molecule has 1 aliphatic rings. The van der Waals surface area contributed by atoms with Crippen molar-refractivity contribution in [1.82, 2.24) is 0 Å². The topological polar surface area (TPSA) is 88.4 Å². The minimum Gasteiger partial charge on any atom is -0.391 e. The van der Waals surface area contributed by atoms with Gasteiger partial charge in [0.1, 0.15) is 18.8 Å². The van der Waals surface area contributed by atoms with Gasteiger partial charge in [-0.1, -0.05) is 6.58 Å². The number of rotatable bonds is 4. The van der Waals surface area contributed by atoms with Crippen LogP contribution in [0.25, 0.3) is 0 Å². The third-order valence-corrected chi connectivity index (χ3v) is 3.25. The molecule has 1 aliphatic heterocycles. The van der Waals surface area contributed by atoms with Gasteiger partial charge in [0.15, 0.2) is 5.60 Å². The van der Waals surface area contributed by atoms with Crippen LogP contribution in [0, 0.1) is 0 Å². The van der Waals surface area contributed by atoms with Crippen LogP contribution in [0.5, 0.6) is 0 Å². The Morgan fingerprint density at radius 1 is 1.41 bits per heavy atom. The highest BCUT2D eigenvalue weighted by molar-refractivity contribution is 5.23. The molecule has 100 valence electrons. The van der Waals surface area contributed by atoms with Gasteiger partial charge in [-0.15, -0.1) is 0 Å². The van der Waals surface area contributed by atoms with E-state index < -0.39 is 30.2 Å². The van der Waals surface area contributed by atoms with Crippen molar-refractivity contribution in [2.75, 3.05) is 27.4 Å². The second-order valence-electron chi connectivity index (χ2n) is 4.23. The number of methoxy groups -OCH3 is 2. The Hall–Kier alpha value is -0.500. The maximum atomic E-state index is 10.6. The molecule has 0 saturated carbocycles. The summed E-state index contributed by atoms with van der Waals surface area (Å²) >= 11 is 0. The van der Waals surface area contributed by atoms with Crippen LogP contribution in [-0.2, 0) is 14.2 Å². The molecular formula is C11H20O6. The van der Waals surface area contributed by atoms with Crippen LogP contribution < -0.4 is 0 Å². The highest BCUT2D eigenvalue weighted by Crippen LogP contribution is 2.40. The molecule has 1 heterocycles. The Morgan fingerprint density at radius 2 is 2.00 bits per heavy atom. The molecule has 0 unspecified atom stereocenters. The van der Waals surface area contributed by atoms with Gasteiger partial charge < -0.3 is 29.5 Å². The van der Waals surface area contributed by atoms with Gasteiger partial charge >= 0.3 is 0 Å². The van der Waals surface area contributed by atoms with Crippen LogP contribution in [0.3, 0.4) is 0 Å². The fraction of sp³-hybridized carbons (Fsp3) is 0.818. The van der Waals surface area contributed by atoms with E-state index in [1.165, 1.54) is 21.1 Å².